The molecule has 0 spiro atoms. The summed E-state index contributed by atoms with van der Waals surface area (Å²) in [5.41, 5.74) is 0.0505. The van der Waals surface area contributed by atoms with E-state index in [4.69, 9.17) is 18.9 Å². The first kappa shape index (κ1) is 21.6. The van der Waals surface area contributed by atoms with Gasteiger partial charge in [0, 0.05) is 25.0 Å². The molecule has 0 radical (unpaired) electrons. The van der Waals surface area contributed by atoms with Crippen LogP contribution in [0.1, 0.15) is 31.1 Å². The zero-order chi connectivity index (χ0) is 20.5. The predicted octanol–water partition coefficient (Wildman–Crippen LogP) is 2.49. The normalized spacial score (nSPS) is 10.9. The number of esters is 1. The van der Waals surface area contributed by atoms with Crippen molar-refractivity contribution < 1.29 is 23.7 Å². The summed E-state index contributed by atoms with van der Waals surface area (Å²) in [6, 6.07) is 7.12. The van der Waals surface area contributed by atoms with Crippen molar-refractivity contribution in [2.24, 2.45) is 0 Å². The highest BCUT2D eigenvalue weighted by molar-refractivity contribution is 5.88. The van der Waals surface area contributed by atoms with Crippen molar-refractivity contribution >= 4 is 5.97 Å². The number of methoxy groups -OCH3 is 1. The summed E-state index contributed by atoms with van der Waals surface area (Å²) in [5.74, 6) is 0.367. The van der Waals surface area contributed by atoms with Crippen LogP contribution in [0.3, 0.4) is 0 Å². The monoisotopic (exact) mass is 390 g/mol. The Kier molecular flexibility index (Phi) is 8.16. The Morgan fingerprint density at radius 2 is 1.71 bits per heavy atom. The van der Waals surface area contributed by atoms with Crippen molar-refractivity contribution in [2.45, 2.75) is 33.6 Å². The molecule has 8 nitrogen and oxygen atoms in total. The second kappa shape index (κ2) is 10.6. The number of nitrogens with zero attached hydrogens (tertiary/aromatic N) is 2. The van der Waals surface area contributed by atoms with Crippen LogP contribution >= 0.6 is 0 Å². The minimum Gasteiger partial charge on any atom is -0.497 e. The van der Waals surface area contributed by atoms with E-state index in [2.05, 4.69) is 4.98 Å². The van der Waals surface area contributed by atoms with Gasteiger partial charge in [-0.25, -0.2) is 9.78 Å². The first-order valence-corrected chi connectivity index (χ1v) is 9.20. The third-order valence-electron chi connectivity index (χ3n) is 3.93. The Bertz CT molecular complexity index is 826. The van der Waals surface area contributed by atoms with Crippen molar-refractivity contribution in [1.29, 1.82) is 0 Å². The zero-order valence-corrected chi connectivity index (χ0v) is 16.6. The van der Waals surface area contributed by atoms with Gasteiger partial charge in [-0.2, -0.15) is 0 Å². The fourth-order valence-electron chi connectivity index (χ4n) is 2.66. The van der Waals surface area contributed by atoms with Crippen LogP contribution in [0, 0.1) is 0 Å². The summed E-state index contributed by atoms with van der Waals surface area (Å²) < 4.78 is 22.7. The molecule has 0 aliphatic rings. The molecule has 2 rings (SSSR count). The molecule has 8 heteroatoms. The van der Waals surface area contributed by atoms with E-state index >= 15 is 0 Å². The van der Waals surface area contributed by atoms with E-state index < -0.39 is 17.8 Å². The van der Waals surface area contributed by atoms with E-state index in [1.54, 1.807) is 38.3 Å². The second-order valence-corrected chi connectivity index (χ2v) is 5.70. The largest absolute Gasteiger partial charge is 0.497 e. The van der Waals surface area contributed by atoms with Crippen LogP contribution in [0.15, 0.2) is 35.3 Å². The highest BCUT2D eigenvalue weighted by atomic mass is 16.7. The SMILES string of the molecule is CCOC(=O)c1cnc(-c2ccc(OC)cc2)n(CC(OCC)OCC)c1=O. The molecule has 0 fully saturated rings. The Balaban J connectivity index is 2.54. The lowest BCUT2D eigenvalue weighted by atomic mass is 10.2. The van der Waals surface area contributed by atoms with Crippen molar-refractivity contribution in [3.05, 3.63) is 46.4 Å². The molecule has 2 aromatic rings. The van der Waals surface area contributed by atoms with Crippen LogP contribution < -0.4 is 10.3 Å². The van der Waals surface area contributed by atoms with Gasteiger partial charge in [-0.15, -0.1) is 0 Å². The Hall–Kier alpha value is -2.71. The summed E-state index contributed by atoms with van der Waals surface area (Å²) in [5, 5.41) is 0. The summed E-state index contributed by atoms with van der Waals surface area (Å²) >= 11 is 0. The molecule has 0 aliphatic heterocycles. The molecule has 0 aliphatic carbocycles. The topological polar surface area (TPSA) is 88.9 Å². The summed E-state index contributed by atoms with van der Waals surface area (Å²) in [4.78, 5) is 29.5. The standard InChI is InChI=1S/C20H26N2O6/c1-5-26-17(27-6-2)13-22-18(14-8-10-15(25-4)11-9-14)21-12-16(19(22)23)20(24)28-7-3/h8-12,17H,5-7,13H2,1-4H3. The second-order valence-electron chi connectivity index (χ2n) is 5.70. The summed E-state index contributed by atoms with van der Waals surface area (Å²) in [7, 11) is 1.58. The average molecular weight is 390 g/mol. The van der Waals surface area contributed by atoms with Gasteiger partial charge < -0.3 is 18.9 Å². The molecular formula is C20H26N2O6. The zero-order valence-electron chi connectivity index (χ0n) is 16.6. The Morgan fingerprint density at radius 1 is 1.07 bits per heavy atom. The van der Waals surface area contributed by atoms with Gasteiger partial charge in [0.15, 0.2) is 6.29 Å². The van der Waals surface area contributed by atoms with E-state index in [1.807, 2.05) is 13.8 Å². The van der Waals surface area contributed by atoms with Gasteiger partial charge in [0.05, 0.1) is 20.3 Å². The lowest BCUT2D eigenvalue weighted by molar-refractivity contribution is -0.143. The smallest absolute Gasteiger partial charge is 0.345 e. The maximum atomic E-state index is 13.0. The molecule has 0 atom stereocenters. The molecule has 0 saturated carbocycles. The summed E-state index contributed by atoms with van der Waals surface area (Å²) in [6.45, 7) is 6.44. The van der Waals surface area contributed by atoms with Gasteiger partial charge in [0.2, 0.25) is 0 Å². The fraction of sp³-hybridized carbons (Fsp3) is 0.450. The Labute approximate surface area is 164 Å². The Morgan fingerprint density at radius 3 is 2.25 bits per heavy atom. The molecule has 0 bridgehead atoms. The molecule has 0 N–H and O–H groups in total. The van der Waals surface area contributed by atoms with E-state index in [0.717, 1.165) is 0 Å². The molecule has 1 aromatic carbocycles. The van der Waals surface area contributed by atoms with E-state index in [0.29, 0.717) is 30.4 Å². The van der Waals surface area contributed by atoms with Crippen LogP contribution in [-0.2, 0) is 20.8 Å². The van der Waals surface area contributed by atoms with Gasteiger partial charge in [-0.05, 0) is 45.0 Å². The van der Waals surface area contributed by atoms with Crippen LogP contribution in [0.5, 0.6) is 5.75 Å². The number of ether oxygens (including phenoxy) is 4. The van der Waals surface area contributed by atoms with Crippen molar-refractivity contribution in [3.63, 3.8) is 0 Å². The minimum atomic E-state index is -0.709. The minimum absolute atomic E-state index is 0.0854. The van der Waals surface area contributed by atoms with Gasteiger partial charge in [-0.3, -0.25) is 9.36 Å². The highest BCUT2D eigenvalue weighted by Gasteiger charge is 2.21. The van der Waals surface area contributed by atoms with E-state index in [1.165, 1.54) is 10.8 Å². The summed E-state index contributed by atoms with van der Waals surface area (Å²) in [6.07, 6.45) is 0.594. The predicted molar refractivity (Wildman–Crippen MR) is 103 cm³/mol. The number of aromatic nitrogens is 2. The van der Waals surface area contributed by atoms with Crippen molar-refractivity contribution in [1.82, 2.24) is 9.55 Å². The van der Waals surface area contributed by atoms with Gasteiger partial charge >= 0.3 is 5.97 Å². The molecule has 0 saturated heterocycles. The van der Waals surface area contributed by atoms with E-state index in [-0.39, 0.29) is 18.7 Å². The lowest BCUT2D eigenvalue weighted by Gasteiger charge is -2.20. The molecule has 1 aromatic heterocycles. The fourth-order valence-corrected chi connectivity index (χ4v) is 2.66. The van der Waals surface area contributed by atoms with Crippen LogP contribution in [0.2, 0.25) is 0 Å². The van der Waals surface area contributed by atoms with Crippen LogP contribution in [0.4, 0.5) is 0 Å². The first-order chi connectivity index (χ1) is 13.5. The van der Waals surface area contributed by atoms with Crippen molar-refractivity contribution in [3.8, 4) is 17.1 Å². The molecule has 1 heterocycles. The highest BCUT2D eigenvalue weighted by Crippen LogP contribution is 2.20. The van der Waals surface area contributed by atoms with Crippen LogP contribution in [0.25, 0.3) is 11.4 Å². The number of carbonyl (C=O) groups excluding carboxylic acids is 1. The van der Waals surface area contributed by atoms with Gasteiger partial charge in [-0.1, -0.05) is 0 Å². The van der Waals surface area contributed by atoms with Crippen molar-refractivity contribution in [2.75, 3.05) is 26.9 Å². The van der Waals surface area contributed by atoms with E-state index in [9.17, 15) is 9.59 Å². The number of carbonyl (C=O) groups is 1. The van der Waals surface area contributed by atoms with Gasteiger partial charge in [0.1, 0.15) is 17.1 Å². The molecule has 0 amide bonds. The first-order valence-electron chi connectivity index (χ1n) is 9.20. The number of rotatable bonds is 10. The number of hydrogen-bond acceptors (Lipinski definition) is 7. The maximum absolute atomic E-state index is 13.0. The lowest BCUT2D eigenvalue weighted by Crippen LogP contribution is -2.35. The number of hydrogen-bond donors (Lipinski definition) is 0. The third kappa shape index (κ3) is 5.17. The quantitative estimate of drug-likeness (QED) is 0.455. The molecular weight excluding hydrogens is 364 g/mol. The maximum Gasteiger partial charge on any atom is 0.345 e. The third-order valence-corrected chi connectivity index (χ3v) is 3.93. The average Bonchev–Trinajstić information content (AvgIpc) is 2.70. The number of benzene rings is 1. The van der Waals surface area contributed by atoms with Gasteiger partial charge in [0.25, 0.3) is 5.56 Å². The molecule has 0 unspecified atom stereocenters. The van der Waals surface area contributed by atoms with Crippen LogP contribution in [-0.4, -0.2) is 48.7 Å². The molecule has 28 heavy (non-hydrogen) atoms. The molecule has 152 valence electrons.